The Kier molecular flexibility index (Phi) is 16.1. The molecular formula is C24H32ClN5OS. The standard InChI is InChI=1S/C15H12ClN3S.C5H10N2.C2H4O.C2H6/c1-20-15-18-17-14(11-7-9-12(16)10-8-11)19(15)13-5-3-2-4-6-13;1-3-4-5(6)7-2;1-2-3;1-2/h2-10H,1H3;3-4H,1-2H3,(H2,6,7);2H,1H3;1-2H3/b;4-3-;;. The van der Waals surface area contributed by atoms with Crippen LogP contribution in [-0.2, 0) is 4.79 Å². The normalized spacial score (nSPS) is 10.2. The number of benzene rings is 2. The Bertz CT molecular complexity index is 954. The highest BCUT2D eigenvalue weighted by atomic mass is 35.5. The number of rotatable bonds is 4. The molecule has 6 nitrogen and oxygen atoms in total. The van der Waals surface area contributed by atoms with Crippen LogP contribution in [0.4, 0.5) is 0 Å². The molecule has 3 aromatic rings. The molecule has 1 heterocycles. The summed E-state index contributed by atoms with van der Waals surface area (Å²) >= 11 is 7.51. The lowest BCUT2D eigenvalue weighted by Gasteiger charge is -2.09. The summed E-state index contributed by atoms with van der Waals surface area (Å²) in [6.07, 6.45) is 6.34. The summed E-state index contributed by atoms with van der Waals surface area (Å²) in [7, 11) is 1.66. The molecule has 172 valence electrons. The zero-order valence-electron chi connectivity index (χ0n) is 19.5. The van der Waals surface area contributed by atoms with Gasteiger partial charge in [-0.15, -0.1) is 10.2 Å². The van der Waals surface area contributed by atoms with E-state index in [9.17, 15) is 0 Å². The number of allylic oxidation sites excluding steroid dienone is 1. The van der Waals surface area contributed by atoms with Crippen LogP contribution in [0.1, 0.15) is 27.7 Å². The number of nitrogens with zero attached hydrogens (tertiary/aromatic N) is 4. The highest BCUT2D eigenvalue weighted by Crippen LogP contribution is 2.27. The third kappa shape index (κ3) is 9.94. The molecule has 0 radical (unpaired) electrons. The van der Waals surface area contributed by atoms with E-state index in [2.05, 4.69) is 15.2 Å². The van der Waals surface area contributed by atoms with Gasteiger partial charge in [0.25, 0.3) is 0 Å². The number of hydrogen-bond donors (Lipinski definition) is 1. The quantitative estimate of drug-likeness (QED) is 0.214. The van der Waals surface area contributed by atoms with Gasteiger partial charge in [0.15, 0.2) is 11.0 Å². The van der Waals surface area contributed by atoms with Gasteiger partial charge in [-0.3, -0.25) is 9.56 Å². The van der Waals surface area contributed by atoms with Crippen molar-refractivity contribution in [3.63, 3.8) is 0 Å². The lowest BCUT2D eigenvalue weighted by molar-refractivity contribution is -0.106. The van der Waals surface area contributed by atoms with Crippen molar-refractivity contribution in [1.29, 1.82) is 0 Å². The van der Waals surface area contributed by atoms with Gasteiger partial charge < -0.3 is 10.5 Å². The summed E-state index contributed by atoms with van der Waals surface area (Å²) in [5, 5.41) is 10.1. The van der Waals surface area contributed by atoms with Crippen molar-refractivity contribution in [2.24, 2.45) is 10.7 Å². The van der Waals surface area contributed by atoms with E-state index in [1.165, 1.54) is 6.92 Å². The number of aliphatic imine (C=N–C) groups is 1. The number of carbonyl (C=O) groups excluding carboxylic acids is 1. The van der Waals surface area contributed by atoms with Crippen LogP contribution in [0.5, 0.6) is 0 Å². The maximum Gasteiger partial charge on any atom is 0.195 e. The number of thioether (sulfide) groups is 1. The Morgan fingerprint density at radius 3 is 2.06 bits per heavy atom. The molecule has 1 aromatic heterocycles. The fraction of sp³-hybridized carbons (Fsp3) is 0.250. The van der Waals surface area contributed by atoms with Crippen molar-refractivity contribution < 1.29 is 4.79 Å². The van der Waals surface area contributed by atoms with Crippen molar-refractivity contribution >= 4 is 35.5 Å². The van der Waals surface area contributed by atoms with Crippen LogP contribution in [-0.4, -0.2) is 40.2 Å². The van der Waals surface area contributed by atoms with Gasteiger partial charge in [-0.05, 0) is 62.6 Å². The molecule has 2 aromatic carbocycles. The van der Waals surface area contributed by atoms with Crippen LogP contribution >= 0.6 is 23.4 Å². The van der Waals surface area contributed by atoms with Crippen molar-refractivity contribution in [1.82, 2.24) is 14.8 Å². The Hall–Kier alpha value is -2.90. The topological polar surface area (TPSA) is 86.2 Å². The largest absolute Gasteiger partial charge is 0.384 e. The number of hydrogen-bond acceptors (Lipinski definition) is 5. The highest BCUT2D eigenvalue weighted by molar-refractivity contribution is 7.98. The van der Waals surface area contributed by atoms with E-state index in [0.717, 1.165) is 28.5 Å². The van der Waals surface area contributed by atoms with E-state index in [1.807, 2.05) is 92.3 Å². The number of aromatic nitrogens is 3. The van der Waals surface area contributed by atoms with Gasteiger partial charge in [0.05, 0.1) is 0 Å². The molecule has 0 atom stereocenters. The summed E-state index contributed by atoms with van der Waals surface area (Å²) in [6.45, 7) is 7.35. The van der Waals surface area contributed by atoms with Crippen LogP contribution in [0.25, 0.3) is 17.1 Å². The van der Waals surface area contributed by atoms with Gasteiger partial charge >= 0.3 is 0 Å². The predicted octanol–water partition coefficient (Wildman–Crippen LogP) is 6.09. The summed E-state index contributed by atoms with van der Waals surface area (Å²) in [5.41, 5.74) is 7.29. The summed E-state index contributed by atoms with van der Waals surface area (Å²) < 4.78 is 2.05. The Labute approximate surface area is 200 Å². The second kappa shape index (κ2) is 17.7. The monoisotopic (exact) mass is 473 g/mol. The number of para-hydroxylation sites is 1. The minimum Gasteiger partial charge on any atom is -0.384 e. The number of carbonyl (C=O) groups is 1. The van der Waals surface area contributed by atoms with E-state index in [-0.39, 0.29) is 0 Å². The number of aldehydes is 1. The first kappa shape index (κ1) is 29.1. The van der Waals surface area contributed by atoms with Crippen LogP contribution in [0.3, 0.4) is 0 Å². The summed E-state index contributed by atoms with van der Waals surface area (Å²) in [4.78, 5) is 12.5. The van der Waals surface area contributed by atoms with E-state index in [4.69, 9.17) is 22.1 Å². The number of nitrogens with two attached hydrogens (primary N) is 1. The van der Waals surface area contributed by atoms with Gasteiger partial charge in [0, 0.05) is 23.3 Å². The number of halogens is 1. The van der Waals surface area contributed by atoms with Crippen molar-refractivity contribution in [3.05, 3.63) is 71.8 Å². The first-order chi connectivity index (χ1) is 15.5. The Morgan fingerprint density at radius 2 is 1.62 bits per heavy atom. The highest BCUT2D eigenvalue weighted by Gasteiger charge is 2.14. The lowest BCUT2D eigenvalue weighted by atomic mass is 10.2. The van der Waals surface area contributed by atoms with Gasteiger partial charge in [0.2, 0.25) is 0 Å². The van der Waals surface area contributed by atoms with Crippen LogP contribution in [0.15, 0.2) is 76.9 Å². The molecule has 0 fully saturated rings. The first-order valence-electron chi connectivity index (χ1n) is 10.1. The van der Waals surface area contributed by atoms with Crippen LogP contribution in [0.2, 0.25) is 5.02 Å². The summed E-state index contributed by atoms with van der Waals surface area (Å²) in [5.74, 6) is 1.39. The molecule has 0 aliphatic rings. The zero-order valence-corrected chi connectivity index (χ0v) is 21.1. The fourth-order valence-corrected chi connectivity index (χ4v) is 2.87. The first-order valence-corrected chi connectivity index (χ1v) is 11.7. The SMILES string of the molecule is C/C=C\C(N)=NC.CC.CC=O.CSc1nnc(-c2ccc(Cl)cc2)n1-c1ccccc1. The Balaban J connectivity index is 0.000000674. The fourth-order valence-electron chi connectivity index (χ4n) is 2.24. The van der Waals surface area contributed by atoms with E-state index >= 15 is 0 Å². The molecular weight excluding hydrogens is 442 g/mol. The predicted molar refractivity (Wildman–Crippen MR) is 139 cm³/mol. The third-order valence-electron chi connectivity index (χ3n) is 3.53. The van der Waals surface area contributed by atoms with Crippen molar-refractivity contribution in [2.75, 3.05) is 13.3 Å². The van der Waals surface area contributed by atoms with Crippen molar-refractivity contribution in [3.8, 4) is 17.1 Å². The molecule has 0 aliphatic carbocycles. The molecule has 32 heavy (non-hydrogen) atoms. The molecule has 0 amide bonds. The second-order valence-electron chi connectivity index (χ2n) is 5.57. The van der Waals surface area contributed by atoms with E-state index in [1.54, 1.807) is 24.9 Å². The maximum absolute atomic E-state index is 8.81. The minimum atomic E-state index is 0.572. The summed E-state index contributed by atoms with van der Waals surface area (Å²) in [6, 6.07) is 17.7. The lowest BCUT2D eigenvalue weighted by Crippen LogP contribution is -2.06. The smallest absolute Gasteiger partial charge is 0.195 e. The van der Waals surface area contributed by atoms with Crippen molar-refractivity contribution in [2.45, 2.75) is 32.9 Å². The second-order valence-corrected chi connectivity index (χ2v) is 6.78. The van der Waals surface area contributed by atoms with Crippen LogP contribution in [0, 0.1) is 0 Å². The molecule has 8 heteroatoms. The molecule has 0 spiro atoms. The molecule has 0 aliphatic heterocycles. The van der Waals surface area contributed by atoms with Crippen LogP contribution < -0.4 is 5.73 Å². The molecule has 0 unspecified atom stereocenters. The van der Waals surface area contributed by atoms with E-state index < -0.39 is 0 Å². The van der Waals surface area contributed by atoms with Gasteiger partial charge in [-0.1, -0.05) is 61.5 Å². The molecule has 3 rings (SSSR count). The van der Waals surface area contributed by atoms with Gasteiger partial charge in [-0.2, -0.15) is 0 Å². The molecule has 2 N–H and O–H groups in total. The zero-order chi connectivity index (χ0) is 24.4. The van der Waals surface area contributed by atoms with E-state index in [0.29, 0.717) is 10.9 Å². The molecule has 0 saturated carbocycles. The molecule has 0 bridgehead atoms. The number of amidine groups is 1. The van der Waals surface area contributed by atoms with Gasteiger partial charge in [-0.25, -0.2) is 0 Å². The third-order valence-corrected chi connectivity index (χ3v) is 4.41. The average Bonchev–Trinajstić information content (AvgIpc) is 3.27. The maximum atomic E-state index is 8.81. The minimum absolute atomic E-state index is 0.572. The van der Waals surface area contributed by atoms with Gasteiger partial charge in [0.1, 0.15) is 12.1 Å². The average molecular weight is 474 g/mol. The molecule has 0 saturated heterocycles. The Morgan fingerprint density at radius 1 is 1.06 bits per heavy atom.